The largest absolute Gasteiger partial charge is 0.443 e. The Hall–Kier alpha value is -2.75. The number of oxazole rings is 1. The maximum absolute atomic E-state index is 13.2. The molecule has 0 bridgehead atoms. The average molecular weight is 362 g/mol. The second kappa shape index (κ2) is 7.24. The molecule has 140 valence electrons. The molecule has 2 amide bonds. The number of nitrogens with zero attached hydrogens (tertiary/aromatic N) is 5. The van der Waals surface area contributed by atoms with Crippen LogP contribution in [0, 0.1) is 5.92 Å². The lowest BCUT2D eigenvalue weighted by molar-refractivity contribution is -0.142. The van der Waals surface area contributed by atoms with Crippen LogP contribution in [0.25, 0.3) is 11.6 Å². The lowest BCUT2D eigenvalue weighted by Gasteiger charge is -2.29. The molecule has 0 aromatic carbocycles. The molecule has 0 spiro atoms. The van der Waals surface area contributed by atoms with Crippen LogP contribution in [0.2, 0.25) is 0 Å². The standard InChI is InChI=1S/C16H22N6O4/c1-9(2)13(22-8-11(19-20-22)15-18-4-5-26-15)16(25)21-7-10(23)6-12(21)14(24)17-3/h4-5,8-10,12-13,23H,6-7H2,1-3H3,(H,17,24)/t10?,12-,13?/m1/s1. The molecule has 3 heterocycles. The molecule has 26 heavy (non-hydrogen) atoms. The van der Waals surface area contributed by atoms with Crippen molar-refractivity contribution in [2.75, 3.05) is 13.6 Å². The fraction of sp³-hybridized carbons (Fsp3) is 0.562. The second-order valence-corrected chi connectivity index (χ2v) is 6.62. The van der Waals surface area contributed by atoms with E-state index < -0.39 is 18.2 Å². The smallest absolute Gasteiger partial charge is 0.248 e. The van der Waals surface area contributed by atoms with Crippen molar-refractivity contribution in [2.45, 2.75) is 38.5 Å². The molecule has 1 aliphatic heterocycles. The summed E-state index contributed by atoms with van der Waals surface area (Å²) in [6.07, 6.45) is 4.01. The summed E-state index contributed by atoms with van der Waals surface area (Å²) in [6, 6.07) is -1.36. The molecule has 0 saturated carbocycles. The molecule has 2 aromatic heterocycles. The van der Waals surface area contributed by atoms with Crippen LogP contribution in [-0.4, -0.2) is 67.5 Å². The topological polar surface area (TPSA) is 126 Å². The lowest BCUT2D eigenvalue weighted by atomic mass is 10.0. The van der Waals surface area contributed by atoms with Crippen LogP contribution in [0.5, 0.6) is 0 Å². The highest BCUT2D eigenvalue weighted by Gasteiger charge is 2.42. The zero-order valence-electron chi connectivity index (χ0n) is 14.9. The van der Waals surface area contributed by atoms with Gasteiger partial charge in [-0.15, -0.1) is 5.10 Å². The lowest BCUT2D eigenvalue weighted by Crippen LogP contribution is -2.48. The SMILES string of the molecule is CNC(=O)[C@H]1CC(O)CN1C(=O)C(C(C)C)n1cc(-c2ncco2)nn1. The van der Waals surface area contributed by atoms with E-state index in [1.165, 1.54) is 29.1 Å². The summed E-state index contributed by atoms with van der Waals surface area (Å²) in [7, 11) is 1.51. The van der Waals surface area contributed by atoms with Crippen LogP contribution in [0.15, 0.2) is 23.1 Å². The molecule has 2 N–H and O–H groups in total. The first-order chi connectivity index (χ1) is 12.4. The molecule has 0 radical (unpaired) electrons. The Kier molecular flexibility index (Phi) is 5.03. The van der Waals surface area contributed by atoms with Crippen molar-refractivity contribution in [3.63, 3.8) is 0 Å². The summed E-state index contributed by atoms with van der Waals surface area (Å²) in [5.74, 6) is -0.374. The van der Waals surface area contributed by atoms with E-state index >= 15 is 0 Å². The summed E-state index contributed by atoms with van der Waals surface area (Å²) < 4.78 is 6.66. The van der Waals surface area contributed by atoms with Crippen LogP contribution in [-0.2, 0) is 9.59 Å². The van der Waals surface area contributed by atoms with E-state index in [9.17, 15) is 14.7 Å². The molecule has 2 aromatic rings. The van der Waals surface area contributed by atoms with Crippen LogP contribution in [0.1, 0.15) is 26.3 Å². The third kappa shape index (κ3) is 3.32. The summed E-state index contributed by atoms with van der Waals surface area (Å²) in [6.45, 7) is 3.88. The number of carbonyl (C=O) groups is 2. The van der Waals surface area contributed by atoms with Gasteiger partial charge in [0.1, 0.15) is 18.3 Å². The molecule has 3 atom stereocenters. The third-order valence-corrected chi connectivity index (χ3v) is 4.44. The van der Waals surface area contributed by atoms with Gasteiger partial charge in [-0.2, -0.15) is 0 Å². The molecule has 3 rings (SSSR count). The first-order valence-electron chi connectivity index (χ1n) is 8.44. The minimum absolute atomic E-state index is 0.107. The Bertz CT molecular complexity index is 772. The number of likely N-dealkylation sites (N-methyl/N-ethyl adjacent to an activating group) is 1. The van der Waals surface area contributed by atoms with Crippen LogP contribution in [0.4, 0.5) is 0 Å². The van der Waals surface area contributed by atoms with E-state index in [1.54, 1.807) is 6.20 Å². The predicted octanol–water partition coefficient (Wildman–Crippen LogP) is -0.162. The Morgan fingerprint density at radius 2 is 2.19 bits per heavy atom. The van der Waals surface area contributed by atoms with Gasteiger partial charge >= 0.3 is 0 Å². The number of aliphatic hydroxyl groups excluding tert-OH is 1. The molecule has 1 fully saturated rings. The normalized spacial score (nSPS) is 21.2. The molecular formula is C16H22N6O4. The Balaban J connectivity index is 1.88. The minimum atomic E-state index is -0.729. The summed E-state index contributed by atoms with van der Waals surface area (Å²) in [5.41, 5.74) is 0.415. The van der Waals surface area contributed by atoms with Crippen LogP contribution < -0.4 is 5.32 Å². The number of hydrogen-bond acceptors (Lipinski definition) is 7. The zero-order valence-corrected chi connectivity index (χ0v) is 14.9. The predicted molar refractivity (Wildman–Crippen MR) is 89.6 cm³/mol. The van der Waals surface area contributed by atoms with Crippen molar-refractivity contribution in [3.8, 4) is 11.6 Å². The molecule has 10 heteroatoms. The van der Waals surface area contributed by atoms with E-state index in [2.05, 4.69) is 20.6 Å². The van der Waals surface area contributed by atoms with Crippen molar-refractivity contribution < 1.29 is 19.1 Å². The number of hydrogen-bond donors (Lipinski definition) is 2. The van der Waals surface area contributed by atoms with E-state index in [1.807, 2.05) is 13.8 Å². The first kappa shape index (κ1) is 18.1. The van der Waals surface area contributed by atoms with Crippen molar-refractivity contribution in [2.24, 2.45) is 5.92 Å². The molecule has 10 nitrogen and oxygen atoms in total. The molecule has 0 aliphatic carbocycles. The Morgan fingerprint density at radius 1 is 1.42 bits per heavy atom. The van der Waals surface area contributed by atoms with Gasteiger partial charge in [0.2, 0.25) is 17.7 Å². The van der Waals surface area contributed by atoms with Gasteiger partial charge in [0.05, 0.1) is 18.5 Å². The van der Waals surface area contributed by atoms with Crippen LogP contribution in [0.3, 0.4) is 0 Å². The van der Waals surface area contributed by atoms with Crippen molar-refractivity contribution in [1.29, 1.82) is 0 Å². The molecular weight excluding hydrogens is 340 g/mol. The molecule has 1 saturated heterocycles. The summed E-state index contributed by atoms with van der Waals surface area (Å²) in [5, 5.41) is 20.6. The van der Waals surface area contributed by atoms with E-state index in [-0.39, 0.29) is 30.7 Å². The van der Waals surface area contributed by atoms with Crippen LogP contribution >= 0.6 is 0 Å². The first-order valence-corrected chi connectivity index (χ1v) is 8.44. The number of nitrogens with one attached hydrogen (secondary N) is 1. The number of aliphatic hydroxyl groups is 1. The fourth-order valence-electron chi connectivity index (χ4n) is 3.21. The number of likely N-dealkylation sites (tertiary alicyclic amines) is 1. The molecule has 2 unspecified atom stereocenters. The quantitative estimate of drug-likeness (QED) is 0.756. The third-order valence-electron chi connectivity index (χ3n) is 4.44. The molecule has 1 aliphatic rings. The Morgan fingerprint density at radius 3 is 2.81 bits per heavy atom. The monoisotopic (exact) mass is 362 g/mol. The van der Waals surface area contributed by atoms with Gasteiger partial charge in [-0.05, 0) is 5.92 Å². The number of rotatable bonds is 5. The highest BCUT2D eigenvalue weighted by Crippen LogP contribution is 2.27. The van der Waals surface area contributed by atoms with Crippen molar-refractivity contribution in [3.05, 3.63) is 18.7 Å². The van der Waals surface area contributed by atoms with Gasteiger partial charge in [-0.25, -0.2) is 9.67 Å². The van der Waals surface area contributed by atoms with Gasteiger partial charge < -0.3 is 19.7 Å². The van der Waals surface area contributed by atoms with Crippen molar-refractivity contribution in [1.82, 2.24) is 30.2 Å². The van der Waals surface area contributed by atoms with Gasteiger partial charge in [0.15, 0.2) is 5.69 Å². The number of β-amino-alcohol motifs (C(OH)–C–C–N with tert-alkyl or cyclic N) is 1. The van der Waals surface area contributed by atoms with Gasteiger partial charge in [0, 0.05) is 20.0 Å². The van der Waals surface area contributed by atoms with E-state index in [0.717, 1.165) is 0 Å². The fourth-order valence-corrected chi connectivity index (χ4v) is 3.21. The Labute approximate surface area is 150 Å². The number of carbonyl (C=O) groups excluding carboxylic acids is 2. The zero-order chi connectivity index (χ0) is 18.8. The minimum Gasteiger partial charge on any atom is -0.443 e. The summed E-state index contributed by atoms with van der Waals surface area (Å²) >= 11 is 0. The van der Waals surface area contributed by atoms with Gasteiger partial charge in [-0.1, -0.05) is 19.1 Å². The summed E-state index contributed by atoms with van der Waals surface area (Å²) in [4.78, 5) is 30.7. The average Bonchev–Trinajstić information content (AvgIpc) is 3.33. The van der Waals surface area contributed by atoms with Gasteiger partial charge in [-0.3, -0.25) is 9.59 Å². The highest BCUT2D eigenvalue weighted by atomic mass is 16.3. The number of amides is 2. The number of aromatic nitrogens is 4. The van der Waals surface area contributed by atoms with Gasteiger partial charge in [0.25, 0.3) is 0 Å². The highest BCUT2D eigenvalue weighted by molar-refractivity contribution is 5.89. The maximum Gasteiger partial charge on any atom is 0.248 e. The van der Waals surface area contributed by atoms with Crippen molar-refractivity contribution >= 4 is 11.8 Å². The maximum atomic E-state index is 13.2. The van der Waals surface area contributed by atoms with E-state index in [0.29, 0.717) is 11.6 Å². The van der Waals surface area contributed by atoms with E-state index in [4.69, 9.17) is 4.42 Å². The second-order valence-electron chi connectivity index (χ2n) is 6.62.